The van der Waals surface area contributed by atoms with Crippen molar-refractivity contribution < 1.29 is 18.6 Å². The number of halogens is 2. The van der Waals surface area contributed by atoms with Crippen LogP contribution in [0.25, 0.3) is 11.0 Å². The van der Waals surface area contributed by atoms with Crippen LogP contribution in [0.5, 0.6) is 11.8 Å². The maximum Gasteiger partial charge on any atom is 0.253 e. The molecule has 142 valence electrons. The van der Waals surface area contributed by atoms with Gasteiger partial charge in [-0.1, -0.05) is 0 Å². The Hall–Kier alpha value is -2.88. The molecule has 1 aliphatic carbocycles. The molecule has 0 bridgehead atoms. The number of hydrogen-bond donors (Lipinski definition) is 2. The van der Waals surface area contributed by atoms with Crippen LogP contribution in [-0.4, -0.2) is 41.9 Å². The van der Waals surface area contributed by atoms with Gasteiger partial charge in [-0.3, -0.25) is 0 Å². The largest absolute Gasteiger partial charge is 0.418 e. The molecule has 0 aliphatic heterocycles. The second-order valence-corrected chi connectivity index (χ2v) is 6.71. The quantitative estimate of drug-likeness (QED) is 0.722. The molecule has 1 aliphatic rings. The summed E-state index contributed by atoms with van der Waals surface area (Å²) in [6.07, 6.45) is 0.668. The van der Waals surface area contributed by atoms with Gasteiger partial charge < -0.3 is 15.6 Å². The van der Waals surface area contributed by atoms with E-state index in [1.54, 1.807) is 12.3 Å². The minimum atomic E-state index is -2.89. The number of aryl methyl sites for hydroxylation is 1. The molecule has 3 aromatic rings. The predicted octanol–water partition coefficient (Wildman–Crippen LogP) is 2.63. The van der Waals surface area contributed by atoms with Crippen molar-refractivity contribution in [3.63, 3.8) is 0 Å². The Bertz CT molecular complexity index is 993. The van der Waals surface area contributed by atoms with Gasteiger partial charge >= 0.3 is 0 Å². The number of aliphatic hydroxyl groups is 1. The molecule has 8 nitrogen and oxygen atoms in total. The number of alkyl halides is 2. The first kappa shape index (κ1) is 17.5. The molecule has 4 rings (SSSR count). The first-order valence-electron chi connectivity index (χ1n) is 8.49. The summed E-state index contributed by atoms with van der Waals surface area (Å²) in [6, 6.07) is 2.88. The van der Waals surface area contributed by atoms with Crippen LogP contribution in [0.4, 0.5) is 14.6 Å². The number of aliphatic hydroxyl groups excluding tert-OH is 1. The van der Waals surface area contributed by atoms with Crippen LogP contribution in [0.15, 0.2) is 24.7 Å². The minimum absolute atomic E-state index is 0.0526. The Morgan fingerprint density at radius 2 is 2.15 bits per heavy atom. The molecular formula is C17H18F2N6O2. The van der Waals surface area contributed by atoms with Crippen LogP contribution in [-0.2, 0) is 0 Å². The maximum atomic E-state index is 13.6. The molecule has 3 aromatic heterocycles. The van der Waals surface area contributed by atoms with Crippen molar-refractivity contribution in [2.24, 2.45) is 0 Å². The van der Waals surface area contributed by atoms with Gasteiger partial charge in [0.1, 0.15) is 17.5 Å². The normalized spacial score (nSPS) is 22.1. The highest BCUT2D eigenvalue weighted by molar-refractivity contribution is 5.90. The lowest BCUT2D eigenvalue weighted by Gasteiger charge is -2.32. The van der Waals surface area contributed by atoms with E-state index in [0.29, 0.717) is 16.9 Å². The van der Waals surface area contributed by atoms with Crippen LogP contribution < -0.4 is 10.5 Å². The molecule has 1 saturated carbocycles. The zero-order valence-corrected chi connectivity index (χ0v) is 14.5. The summed E-state index contributed by atoms with van der Waals surface area (Å²) in [5.41, 5.74) is 7.24. The molecular weight excluding hydrogens is 358 g/mol. The standard InChI is InChI=1S/C17H18F2N6O2/c1-9-3-5-21-12(6-9)27-16-13-14(20)22-8-23-15(13)25(24-16)10-2-4-17(18,19)7-11(10)26/h3,5-6,8,10-11,26H,2,4,7H2,1H3,(H2,20,22,23). The van der Waals surface area contributed by atoms with Crippen molar-refractivity contribution >= 4 is 16.9 Å². The summed E-state index contributed by atoms with van der Waals surface area (Å²) in [5.74, 6) is -2.33. The van der Waals surface area contributed by atoms with Crippen LogP contribution in [0, 0.1) is 6.92 Å². The number of nitrogens with two attached hydrogens (primary N) is 1. The first-order chi connectivity index (χ1) is 12.8. The molecule has 2 unspecified atom stereocenters. The molecule has 0 amide bonds. The Morgan fingerprint density at radius 1 is 1.33 bits per heavy atom. The fraction of sp³-hybridized carbons (Fsp3) is 0.412. The van der Waals surface area contributed by atoms with E-state index in [1.165, 1.54) is 11.0 Å². The van der Waals surface area contributed by atoms with E-state index in [2.05, 4.69) is 20.1 Å². The second-order valence-electron chi connectivity index (χ2n) is 6.71. The average molecular weight is 376 g/mol. The lowest BCUT2D eigenvalue weighted by molar-refractivity contribution is -0.0949. The lowest BCUT2D eigenvalue weighted by Crippen LogP contribution is -2.37. The number of pyridine rings is 1. The molecule has 10 heteroatoms. The summed E-state index contributed by atoms with van der Waals surface area (Å²) in [6.45, 7) is 1.89. The highest BCUT2D eigenvalue weighted by atomic mass is 19.3. The zero-order valence-electron chi connectivity index (χ0n) is 14.5. The van der Waals surface area contributed by atoms with Crippen molar-refractivity contribution in [1.82, 2.24) is 24.7 Å². The molecule has 1 fully saturated rings. The topological polar surface area (TPSA) is 112 Å². The average Bonchev–Trinajstić information content (AvgIpc) is 2.94. The monoisotopic (exact) mass is 376 g/mol. The fourth-order valence-electron chi connectivity index (χ4n) is 3.31. The molecule has 0 radical (unpaired) electrons. The third-order valence-corrected chi connectivity index (χ3v) is 4.65. The highest BCUT2D eigenvalue weighted by Gasteiger charge is 2.42. The van der Waals surface area contributed by atoms with Crippen LogP contribution >= 0.6 is 0 Å². The number of anilines is 1. The number of nitrogens with zero attached hydrogens (tertiary/aromatic N) is 5. The Morgan fingerprint density at radius 3 is 2.89 bits per heavy atom. The van der Waals surface area contributed by atoms with Gasteiger partial charge in [0.05, 0.1) is 12.1 Å². The van der Waals surface area contributed by atoms with Gasteiger partial charge in [-0.05, 0) is 25.0 Å². The van der Waals surface area contributed by atoms with Gasteiger partial charge in [0.15, 0.2) is 5.65 Å². The molecule has 0 saturated heterocycles. The summed E-state index contributed by atoms with van der Waals surface area (Å²) < 4.78 is 34.3. The van der Waals surface area contributed by atoms with Crippen molar-refractivity contribution in [2.75, 3.05) is 5.73 Å². The van der Waals surface area contributed by atoms with Crippen LogP contribution in [0.1, 0.15) is 30.9 Å². The molecule has 3 heterocycles. The third-order valence-electron chi connectivity index (χ3n) is 4.65. The number of aromatic nitrogens is 5. The molecule has 0 aromatic carbocycles. The number of fused-ring (bicyclic) bond motifs is 1. The predicted molar refractivity (Wildman–Crippen MR) is 92.6 cm³/mol. The van der Waals surface area contributed by atoms with E-state index >= 15 is 0 Å². The summed E-state index contributed by atoms with van der Waals surface area (Å²) >= 11 is 0. The number of hydrogen-bond acceptors (Lipinski definition) is 7. The molecule has 3 N–H and O–H groups in total. The number of nitrogen functional groups attached to an aromatic ring is 1. The first-order valence-corrected chi connectivity index (χ1v) is 8.49. The summed E-state index contributed by atoms with van der Waals surface area (Å²) in [4.78, 5) is 12.3. The Kier molecular flexibility index (Phi) is 4.14. The van der Waals surface area contributed by atoms with E-state index in [4.69, 9.17) is 10.5 Å². The van der Waals surface area contributed by atoms with E-state index < -0.39 is 24.5 Å². The number of rotatable bonds is 3. The zero-order chi connectivity index (χ0) is 19.2. The van der Waals surface area contributed by atoms with E-state index in [0.717, 1.165) is 5.56 Å². The molecule has 27 heavy (non-hydrogen) atoms. The van der Waals surface area contributed by atoms with Crippen molar-refractivity contribution in [2.45, 2.75) is 44.3 Å². The highest BCUT2D eigenvalue weighted by Crippen LogP contribution is 2.41. The fourth-order valence-corrected chi connectivity index (χ4v) is 3.31. The van der Waals surface area contributed by atoms with Crippen LogP contribution in [0.3, 0.4) is 0 Å². The van der Waals surface area contributed by atoms with E-state index in [-0.39, 0.29) is 24.5 Å². The van der Waals surface area contributed by atoms with Gasteiger partial charge in [0, 0.05) is 25.1 Å². The van der Waals surface area contributed by atoms with Crippen molar-refractivity contribution in [3.05, 3.63) is 30.2 Å². The van der Waals surface area contributed by atoms with E-state index in [1.807, 2.05) is 13.0 Å². The Labute approximate surface area is 153 Å². The SMILES string of the molecule is Cc1ccnc(Oc2nn(C3CCC(F)(F)CC3O)c3ncnc(N)c23)c1. The van der Waals surface area contributed by atoms with Gasteiger partial charge in [-0.15, -0.1) is 5.10 Å². The van der Waals surface area contributed by atoms with Crippen molar-refractivity contribution in [3.8, 4) is 11.8 Å². The smallest absolute Gasteiger partial charge is 0.253 e. The summed E-state index contributed by atoms with van der Waals surface area (Å²) in [7, 11) is 0. The van der Waals surface area contributed by atoms with Gasteiger partial charge in [-0.25, -0.2) is 28.4 Å². The Balaban J connectivity index is 1.77. The summed E-state index contributed by atoms with van der Waals surface area (Å²) in [5, 5.41) is 15.0. The molecule has 0 spiro atoms. The van der Waals surface area contributed by atoms with Gasteiger partial charge in [-0.2, -0.15) is 0 Å². The van der Waals surface area contributed by atoms with Crippen LogP contribution in [0.2, 0.25) is 0 Å². The number of ether oxygens (including phenoxy) is 1. The maximum absolute atomic E-state index is 13.6. The van der Waals surface area contributed by atoms with Crippen molar-refractivity contribution in [1.29, 1.82) is 0 Å². The minimum Gasteiger partial charge on any atom is -0.418 e. The third kappa shape index (κ3) is 3.27. The van der Waals surface area contributed by atoms with Gasteiger partial charge in [0.25, 0.3) is 11.8 Å². The second kappa shape index (κ2) is 6.38. The van der Waals surface area contributed by atoms with E-state index in [9.17, 15) is 13.9 Å². The molecule has 2 atom stereocenters. The lowest BCUT2D eigenvalue weighted by atomic mass is 9.89. The van der Waals surface area contributed by atoms with Gasteiger partial charge in [0.2, 0.25) is 5.88 Å².